The Labute approximate surface area is 159 Å². The number of carbonyl (C=O) groups excluding carboxylic acids is 1. The first-order valence-corrected chi connectivity index (χ1v) is 9.46. The minimum atomic E-state index is -0.270. The van der Waals surface area contributed by atoms with E-state index in [-0.39, 0.29) is 17.4 Å². The Kier molecular flexibility index (Phi) is 4.97. The first kappa shape index (κ1) is 18.1. The van der Waals surface area contributed by atoms with Crippen LogP contribution < -0.4 is 0 Å². The molecule has 0 N–H and O–H groups in total. The topological polar surface area (TPSA) is 71.7 Å². The highest BCUT2D eigenvalue weighted by molar-refractivity contribution is 5.83. The molecule has 7 nitrogen and oxygen atoms in total. The van der Waals surface area contributed by atoms with Crippen molar-refractivity contribution < 1.29 is 14.1 Å². The fourth-order valence-corrected chi connectivity index (χ4v) is 4.36. The molecule has 1 spiro atoms. The van der Waals surface area contributed by atoms with Crippen molar-refractivity contribution in [3.63, 3.8) is 0 Å². The molecule has 0 bridgehead atoms. The molecule has 1 unspecified atom stereocenters. The van der Waals surface area contributed by atoms with Crippen molar-refractivity contribution in [2.24, 2.45) is 5.41 Å². The Morgan fingerprint density at radius 1 is 1.30 bits per heavy atom. The second kappa shape index (κ2) is 7.40. The molecular formula is C20H26N4O3. The Morgan fingerprint density at radius 2 is 2.04 bits per heavy atom. The van der Waals surface area contributed by atoms with E-state index < -0.39 is 0 Å². The van der Waals surface area contributed by atoms with Gasteiger partial charge in [-0.15, -0.1) is 0 Å². The summed E-state index contributed by atoms with van der Waals surface area (Å²) in [6.07, 6.45) is 6.19. The summed E-state index contributed by atoms with van der Waals surface area (Å²) in [5.74, 6) is 1.12. The van der Waals surface area contributed by atoms with Gasteiger partial charge in [0.2, 0.25) is 5.91 Å². The number of piperidine rings is 2. The minimum Gasteiger partial charge on any atom is -0.380 e. The van der Waals surface area contributed by atoms with Gasteiger partial charge in [0.25, 0.3) is 0 Å². The van der Waals surface area contributed by atoms with Crippen molar-refractivity contribution in [2.75, 3.05) is 33.8 Å². The fraction of sp³-hybridized carbons (Fsp3) is 0.550. The molecular weight excluding hydrogens is 344 g/mol. The number of nitrogens with zero attached hydrogens (tertiary/aromatic N) is 4. The number of likely N-dealkylation sites (N-methyl/N-ethyl adjacent to an activating group) is 1. The molecule has 4 heterocycles. The number of hydrogen-bond donors (Lipinski definition) is 0. The van der Waals surface area contributed by atoms with E-state index in [1.54, 1.807) is 19.5 Å². The number of carbonyl (C=O) groups is 1. The first-order chi connectivity index (χ1) is 13.1. The van der Waals surface area contributed by atoms with Crippen molar-refractivity contribution in [1.29, 1.82) is 0 Å². The third-order valence-corrected chi connectivity index (χ3v) is 5.96. The van der Waals surface area contributed by atoms with Gasteiger partial charge >= 0.3 is 0 Å². The number of methoxy groups -OCH3 is 1. The number of aromatic nitrogens is 2. The molecule has 27 heavy (non-hydrogen) atoms. The van der Waals surface area contributed by atoms with Gasteiger partial charge < -0.3 is 14.2 Å². The van der Waals surface area contributed by atoms with E-state index in [1.807, 2.05) is 30.1 Å². The zero-order chi connectivity index (χ0) is 18.9. The van der Waals surface area contributed by atoms with Crippen LogP contribution in [0.3, 0.4) is 0 Å². The SMILES string of the molecule is COC1CN(C)C(=O)C2(CCN(Cc3cc(-c4ccncc4)no3)CC2)C1. The summed E-state index contributed by atoms with van der Waals surface area (Å²) in [6.45, 7) is 3.16. The normalized spacial score (nSPS) is 23.1. The molecule has 0 radical (unpaired) electrons. The highest BCUT2D eigenvalue weighted by atomic mass is 16.5. The first-order valence-electron chi connectivity index (χ1n) is 9.46. The molecule has 144 valence electrons. The molecule has 1 amide bonds. The lowest BCUT2D eigenvalue weighted by Gasteiger charge is -2.47. The molecule has 2 aliphatic heterocycles. The van der Waals surface area contributed by atoms with Crippen molar-refractivity contribution in [1.82, 2.24) is 19.9 Å². The number of hydrogen-bond acceptors (Lipinski definition) is 6. The molecule has 0 saturated carbocycles. The van der Waals surface area contributed by atoms with E-state index in [9.17, 15) is 4.79 Å². The van der Waals surface area contributed by atoms with E-state index in [0.29, 0.717) is 13.1 Å². The van der Waals surface area contributed by atoms with Crippen LogP contribution in [0.4, 0.5) is 0 Å². The molecule has 2 aromatic rings. The summed E-state index contributed by atoms with van der Waals surface area (Å²) in [5, 5.41) is 4.17. The van der Waals surface area contributed by atoms with Crippen LogP contribution in [0.1, 0.15) is 25.0 Å². The molecule has 2 saturated heterocycles. The smallest absolute Gasteiger partial charge is 0.228 e. The molecule has 2 fully saturated rings. The minimum absolute atomic E-state index is 0.136. The van der Waals surface area contributed by atoms with E-state index in [4.69, 9.17) is 9.26 Å². The summed E-state index contributed by atoms with van der Waals surface area (Å²) in [4.78, 5) is 21.0. The average molecular weight is 370 g/mol. The van der Waals surface area contributed by atoms with E-state index in [2.05, 4.69) is 15.0 Å². The second-order valence-electron chi connectivity index (χ2n) is 7.72. The maximum Gasteiger partial charge on any atom is 0.228 e. The van der Waals surface area contributed by atoms with Crippen molar-refractivity contribution in [3.05, 3.63) is 36.4 Å². The highest BCUT2D eigenvalue weighted by Gasteiger charge is 2.47. The molecule has 0 aliphatic carbocycles. The van der Waals surface area contributed by atoms with Crippen molar-refractivity contribution in [2.45, 2.75) is 31.9 Å². The Morgan fingerprint density at radius 3 is 2.74 bits per heavy atom. The molecule has 2 aliphatic rings. The largest absolute Gasteiger partial charge is 0.380 e. The third-order valence-electron chi connectivity index (χ3n) is 5.96. The van der Waals surface area contributed by atoms with E-state index in [0.717, 1.165) is 49.4 Å². The molecule has 2 aromatic heterocycles. The zero-order valence-electron chi connectivity index (χ0n) is 15.9. The van der Waals surface area contributed by atoms with Crippen LogP contribution in [0.15, 0.2) is 35.1 Å². The standard InChI is InChI=1S/C20H26N4O3/c1-23-13-17(26-2)12-20(19(23)25)5-9-24(10-6-20)14-16-11-18(22-27-16)15-3-7-21-8-4-15/h3-4,7-8,11,17H,5-6,9-10,12-14H2,1-2H3. The average Bonchev–Trinajstić information content (AvgIpc) is 3.17. The van der Waals surface area contributed by atoms with Gasteiger partial charge in [-0.05, 0) is 44.5 Å². The van der Waals surface area contributed by atoms with Crippen molar-refractivity contribution in [3.8, 4) is 11.3 Å². The van der Waals surface area contributed by atoms with Gasteiger partial charge in [-0.2, -0.15) is 0 Å². The maximum absolute atomic E-state index is 12.8. The predicted octanol–water partition coefficient (Wildman–Crippen LogP) is 2.20. The number of pyridine rings is 1. The predicted molar refractivity (Wildman–Crippen MR) is 99.7 cm³/mol. The summed E-state index contributed by atoms with van der Waals surface area (Å²) in [7, 11) is 3.62. The summed E-state index contributed by atoms with van der Waals surface area (Å²) < 4.78 is 11.1. The molecule has 1 atom stereocenters. The van der Waals surface area contributed by atoms with Crippen LogP contribution in [-0.2, 0) is 16.1 Å². The fourth-order valence-electron chi connectivity index (χ4n) is 4.36. The monoisotopic (exact) mass is 370 g/mol. The van der Waals surface area contributed by atoms with Gasteiger partial charge in [-0.1, -0.05) is 5.16 Å². The van der Waals surface area contributed by atoms with Gasteiger partial charge in [-0.25, -0.2) is 0 Å². The Hall–Kier alpha value is -2.25. The van der Waals surface area contributed by atoms with Crippen molar-refractivity contribution >= 4 is 5.91 Å². The number of ether oxygens (including phenoxy) is 1. The van der Waals surface area contributed by atoms with E-state index in [1.165, 1.54) is 0 Å². The third kappa shape index (κ3) is 3.61. The Balaban J connectivity index is 1.38. The zero-order valence-corrected chi connectivity index (χ0v) is 15.9. The van der Waals surface area contributed by atoms with Gasteiger partial charge in [-0.3, -0.25) is 14.7 Å². The summed E-state index contributed by atoms with van der Waals surface area (Å²) >= 11 is 0. The van der Waals surface area contributed by atoms with Crippen LogP contribution in [0.25, 0.3) is 11.3 Å². The lowest BCUT2D eigenvalue weighted by Crippen LogP contribution is -2.56. The number of rotatable bonds is 4. The van der Waals surface area contributed by atoms with Gasteiger partial charge in [0.15, 0.2) is 5.76 Å². The van der Waals surface area contributed by atoms with Gasteiger partial charge in [0.1, 0.15) is 5.69 Å². The Bertz CT molecular complexity index is 784. The second-order valence-corrected chi connectivity index (χ2v) is 7.72. The summed E-state index contributed by atoms with van der Waals surface area (Å²) in [6, 6.07) is 5.83. The number of amides is 1. The van der Waals surface area contributed by atoms with Gasteiger partial charge in [0.05, 0.1) is 18.1 Å². The lowest BCUT2D eigenvalue weighted by atomic mass is 9.71. The van der Waals surface area contributed by atoms with Crippen LogP contribution in [0.5, 0.6) is 0 Å². The van der Waals surface area contributed by atoms with Crippen LogP contribution in [0.2, 0.25) is 0 Å². The van der Waals surface area contributed by atoms with Crippen LogP contribution in [0, 0.1) is 5.41 Å². The number of likely N-dealkylation sites (tertiary alicyclic amines) is 2. The molecule has 0 aromatic carbocycles. The molecule has 4 rings (SSSR count). The highest BCUT2D eigenvalue weighted by Crippen LogP contribution is 2.41. The lowest BCUT2D eigenvalue weighted by molar-refractivity contribution is -0.156. The van der Waals surface area contributed by atoms with Crippen LogP contribution in [-0.4, -0.2) is 65.7 Å². The maximum atomic E-state index is 12.8. The van der Waals surface area contributed by atoms with E-state index >= 15 is 0 Å². The molecule has 7 heteroatoms. The van der Waals surface area contributed by atoms with Gasteiger partial charge in [0, 0.05) is 44.7 Å². The van der Waals surface area contributed by atoms with Crippen LogP contribution >= 0.6 is 0 Å². The summed E-state index contributed by atoms with van der Waals surface area (Å²) in [5.41, 5.74) is 1.56. The quantitative estimate of drug-likeness (QED) is 0.822.